The Morgan fingerprint density at radius 3 is 2.64 bits per heavy atom. The first-order valence-electron chi connectivity index (χ1n) is 13.2. The second-order valence-electron chi connectivity index (χ2n) is 11.5. The molecule has 7 nitrogen and oxygen atoms in total. The van der Waals surface area contributed by atoms with E-state index in [1.165, 1.54) is 11.3 Å². The van der Waals surface area contributed by atoms with Crippen molar-refractivity contribution in [1.29, 1.82) is 0 Å². The molecule has 2 bridgehead atoms. The highest BCUT2D eigenvalue weighted by Crippen LogP contribution is 2.74. The lowest BCUT2D eigenvalue weighted by Gasteiger charge is -2.58. The van der Waals surface area contributed by atoms with Crippen LogP contribution in [0.2, 0.25) is 10.0 Å². The Balaban J connectivity index is 1.07. The molecule has 0 saturated heterocycles. The fourth-order valence-corrected chi connectivity index (χ4v) is 9.26. The van der Waals surface area contributed by atoms with Gasteiger partial charge in [-0.2, -0.15) is 0 Å². The first-order valence-corrected chi connectivity index (χ1v) is 14.8. The van der Waals surface area contributed by atoms with Gasteiger partial charge in [0, 0.05) is 23.0 Å². The Labute approximate surface area is 237 Å². The first-order chi connectivity index (χ1) is 18.8. The second kappa shape index (κ2) is 8.27. The van der Waals surface area contributed by atoms with Crippen LogP contribution in [0.25, 0.3) is 21.5 Å². The normalized spacial score (nSPS) is 30.7. The van der Waals surface area contributed by atoms with Crippen molar-refractivity contribution >= 4 is 50.7 Å². The van der Waals surface area contributed by atoms with Crippen LogP contribution >= 0.6 is 34.5 Å². The van der Waals surface area contributed by atoms with Crippen LogP contribution in [0.5, 0.6) is 0 Å². The van der Waals surface area contributed by atoms with Crippen molar-refractivity contribution < 1.29 is 24.3 Å². The molecule has 39 heavy (non-hydrogen) atoms. The summed E-state index contributed by atoms with van der Waals surface area (Å²) < 4.78 is 13.4. The summed E-state index contributed by atoms with van der Waals surface area (Å²) in [6, 6.07) is 10.3. The Morgan fingerprint density at radius 1 is 1.15 bits per heavy atom. The van der Waals surface area contributed by atoms with E-state index in [2.05, 4.69) is 5.16 Å². The maximum Gasteiger partial charge on any atom is 0.335 e. The van der Waals surface area contributed by atoms with Crippen LogP contribution in [0.1, 0.15) is 64.7 Å². The van der Waals surface area contributed by atoms with E-state index in [0.29, 0.717) is 38.8 Å². The van der Waals surface area contributed by atoms with Gasteiger partial charge < -0.3 is 19.5 Å². The number of aromatic carboxylic acids is 1. The van der Waals surface area contributed by atoms with Gasteiger partial charge in [-0.3, -0.25) is 0 Å². The maximum absolute atomic E-state index is 12.0. The van der Waals surface area contributed by atoms with Crippen molar-refractivity contribution in [3.05, 3.63) is 68.3 Å². The molecule has 2 aromatic heterocycles. The molecule has 0 radical (unpaired) electrons. The van der Waals surface area contributed by atoms with Crippen molar-refractivity contribution in [2.75, 3.05) is 0 Å². The van der Waals surface area contributed by atoms with Gasteiger partial charge in [0.05, 0.1) is 38.0 Å². The van der Waals surface area contributed by atoms with E-state index in [-0.39, 0.29) is 28.9 Å². The topological polar surface area (TPSA) is 106 Å². The lowest BCUT2D eigenvalue weighted by atomic mass is 9.54. The molecule has 4 fully saturated rings. The van der Waals surface area contributed by atoms with E-state index in [1.807, 2.05) is 6.07 Å². The minimum Gasteiger partial charge on any atom is -0.478 e. The van der Waals surface area contributed by atoms with Crippen LogP contribution in [0.4, 0.5) is 0 Å². The third kappa shape index (κ3) is 3.39. The highest BCUT2D eigenvalue weighted by atomic mass is 35.5. The van der Waals surface area contributed by atoms with Gasteiger partial charge in [-0.15, -0.1) is 11.3 Å². The molecule has 2 N–H and O–H groups in total. The van der Waals surface area contributed by atoms with Crippen molar-refractivity contribution in [2.45, 2.75) is 55.8 Å². The van der Waals surface area contributed by atoms with E-state index in [1.54, 1.807) is 30.3 Å². The number of carboxylic acids is 1. The number of nitrogens with zero attached hydrogens (tertiary/aromatic N) is 2. The predicted molar refractivity (Wildman–Crippen MR) is 146 cm³/mol. The highest BCUT2D eigenvalue weighted by Gasteiger charge is 2.76. The summed E-state index contributed by atoms with van der Waals surface area (Å²) in [6.45, 7) is 0.361. The molecular formula is C29H24Cl2N2O5S. The molecule has 4 aromatic rings. The average Bonchev–Trinajstić information content (AvgIpc) is 3.31. The number of aliphatic hydroxyl groups is 1. The summed E-state index contributed by atoms with van der Waals surface area (Å²) in [5, 5.41) is 27.5. The molecule has 4 saturated carbocycles. The molecular weight excluding hydrogens is 559 g/mol. The number of rotatable bonds is 7. The average molecular weight is 583 g/mol. The Bertz CT molecular complexity index is 1660. The van der Waals surface area contributed by atoms with E-state index >= 15 is 0 Å². The van der Waals surface area contributed by atoms with Crippen molar-refractivity contribution in [3.63, 3.8) is 0 Å². The zero-order valence-corrected chi connectivity index (χ0v) is 23.0. The minimum atomic E-state index is -1.00. The number of benzene rings is 2. The monoisotopic (exact) mass is 582 g/mol. The molecule has 0 aliphatic heterocycles. The molecule has 0 amide bonds. The third-order valence-electron chi connectivity index (χ3n) is 9.49. The number of hydrogen-bond donors (Lipinski definition) is 2. The van der Waals surface area contributed by atoms with Gasteiger partial charge in [-0.1, -0.05) is 34.4 Å². The molecule has 2 heterocycles. The maximum atomic E-state index is 12.0. The summed E-state index contributed by atoms with van der Waals surface area (Å²) in [7, 11) is 0. The number of carboxylic acid groups (broad SMARTS) is 1. The molecule has 0 spiro atoms. The Hall–Kier alpha value is -2.49. The van der Waals surface area contributed by atoms with Gasteiger partial charge >= 0.3 is 5.97 Å². The summed E-state index contributed by atoms with van der Waals surface area (Å²) in [5.41, 5.74) is 1.90. The van der Waals surface area contributed by atoms with Gasteiger partial charge in [-0.05, 0) is 74.3 Å². The molecule has 8 rings (SSSR count). The van der Waals surface area contributed by atoms with Gasteiger partial charge in [0.25, 0.3) is 0 Å². The van der Waals surface area contributed by atoms with Crippen LogP contribution in [0.3, 0.4) is 0 Å². The van der Waals surface area contributed by atoms with Gasteiger partial charge in [-0.25, -0.2) is 9.78 Å². The number of aromatic nitrogens is 2. The zero-order chi connectivity index (χ0) is 26.7. The van der Waals surface area contributed by atoms with Crippen LogP contribution in [-0.2, 0) is 16.9 Å². The Kier molecular flexibility index (Phi) is 5.16. The van der Waals surface area contributed by atoms with Gasteiger partial charge in [0.15, 0.2) is 0 Å². The number of thiazole rings is 1. The predicted octanol–water partition coefficient (Wildman–Crippen LogP) is 7.04. The van der Waals surface area contributed by atoms with Crippen molar-refractivity contribution in [3.8, 4) is 11.3 Å². The van der Waals surface area contributed by atoms with E-state index in [9.17, 15) is 15.0 Å². The molecule has 10 heteroatoms. The third-order valence-corrected chi connectivity index (χ3v) is 11.3. The van der Waals surface area contributed by atoms with E-state index < -0.39 is 11.6 Å². The molecule has 4 aliphatic carbocycles. The zero-order valence-electron chi connectivity index (χ0n) is 20.7. The van der Waals surface area contributed by atoms with Crippen molar-refractivity contribution in [1.82, 2.24) is 10.1 Å². The number of ether oxygens (including phenoxy) is 1. The fourth-order valence-electron chi connectivity index (χ4n) is 7.44. The van der Waals surface area contributed by atoms with Crippen LogP contribution in [-0.4, -0.2) is 31.9 Å². The molecule has 5 atom stereocenters. The molecule has 1 unspecified atom stereocenters. The lowest BCUT2D eigenvalue weighted by Crippen LogP contribution is -2.62. The SMILES string of the molecule is O=C(O)c1ccc2nc([C@]3(O)[C@@H]4CC5[C@H]3C[C@]5(OCc3c(-c5c(Cl)cccc5Cl)noc3C3CC3)C4)sc2c1. The molecule has 2 aromatic carbocycles. The smallest absolute Gasteiger partial charge is 0.335 e. The summed E-state index contributed by atoms with van der Waals surface area (Å²) in [5.74, 6) is 0.601. The molecule has 200 valence electrons. The summed E-state index contributed by atoms with van der Waals surface area (Å²) in [6.07, 6.45) is 4.54. The summed E-state index contributed by atoms with van der Waals surface area (Å²) >= 11 is 14.5. The van der Waals surface area contributed by atoms with E-state index in [4.69, 9.17) is 37.4 Å². The highest BCUT2D eigenvalue weighted by molar-refractivity contribution is 7.18. The Morgan fingerprint density at radius 2 is 1.95 bits per heavy atom. The van der Waals surface area contributed by atoms with Crippen LogP contribution in [0.15, 0.2) is 40.9 Å². The molecule has 4 aliphatic rings. The number of halogens is 2. The fraction of sp³-hybridized carbons (Fsp3) is 0.414. The largest absolute Gasteiger partial charge is 0.478 e. The number of hydrogen-bond acceptors (Lipinski definition) is 7. The number of carbonyl (C=O) groups is 1. The summed E-state index contributed by atoms with van der Waals surface area (Å²) in [4.78, 5) is 16.2. The second-order valence-corrected chi connectivity index (χ2v) is 13.3. The van der Waals surface area contributed by atoms with Gasteiger partial charge in [0.2, 0.25) is 0 Å². The van der Waals surface area contributed by atoms with Crippen LogP contribution in [0, 0.1) is 17.8 Å². The quantitative estimate of drug-likeness (QED) is 0.241. The van der Waals surface area contributed by atoms with Crippen molar-refractivity contribution in [2.24, 2.45) is 17.8 Å². The first kappa shape index (κ1) is 24.3. The number of fused-ring (bicyclic) bond motifs is 2. The standard InChI is InChI=1S/C29H24Cl2N2O5S/c30-19-2-1-3-20(31)23(19)24-16(25(38-33-24)13-4-5-13)12-37-28-10-15-9-17(28)18(11-28)29(15,36)27-32-21-7-6-14(26(34)35)8-22(21)39-27/h1-3,6-8,13,15,17-18,36H,4-5,9-12H2,(H,34,35)/t15-,17?,18-,28-,29+/m1/s1. The lowest BCUT2D eigenvalue weighted by molar-refractivity contribution is -0.246. The van der Waals surface area contributed by atoms with Gasteiger partial charge in [0.1, 0.15) is 22.1 Å². The van der Waals surface area contributed by atoms with E-state index in [0.717, 1.165) is 53.6 Å². The van der Waals surface area contributed by atoms with Crippen LogP contribution < -0.4 is 0 Å². The minimum absolute atomic E-state index is 0.0450.